The van der Waals surface area contributed by atoms with Crippen LogP contribution in [0.1, 0.15) is 75.1 Å². The van der Waals surface area contributed by atoms with Crippen LogP contribution in [0.15, 0.2) is 36.5 Å². The van der Waals surface area contributed by atoms with Crippen LogP contribution in [-0.4, -0.2) is 22.2 Å². The van der Waals surface area contributed by atoms with Gasteiger partial charge in [0.2, 0.25) is 0 Å². The molecule has 1 heterocycles. The number of fused-ring (bicyclic) bond motifs is 1. The van der Waals surface area contributed by atoms with E-state index in [1.54, 1.807) is 11.3 Å². The zero-order chi connectivity index (χ0) is 24.8. The van der Waals surface area contributed by atoms with Gasteiger partial charge < -0.3 is 9.84 Å². The SMILES string of the molecule is C#Cc1cc(-c2cnc(-c3ccc4c(c3C)CCC4CC(=O)O)s2)ccc1OC(C)CC.CC. The lowest BCUT2D eigenvalue weighted by molar-refractivity contribution is -0.137. The molecule has 1 aliphatic rings. The normalized spacial score (nSPS) is 15.0. The molecule has 0 spiro atoms. The molecule has 1 aromatic heterocycles. The first kappa shape index (κ1) is 25.5. The van der Waals surface area contributed by atoms with Gasteiger partial charge in [0.1, 0.15) is 10.8 Å². The number of terminal acetylenes is 1. The summed E-state index contributed by atoms with van der Waals surface area (Å²) in [6.07, 6.45) is 10.7. The summed E-state index contributed by atoms with van der Waals surface area (Å²) in [5.74, 6) is 2.86. The van der Waals surface area contributed by atoms with E-state index >= 15 is 0 Å². The number of carboxylic acids is 1. The summed E-state index contributed by atoms with van der Waals surface area (Å²) >= 11 is 1.64. The minimum Gasteiger partial charge on any atom is -0.489 e. The van der Waals surface area contributed by atoms with Crippen LogP contribution in [0.5, 0.6) is 5.75 Å². The van der Waals surface area contributed by atoms with Crippen LogP contribution in [-0.2, 0) is 11.2 Å². The number of ether oxygens (including phenoxy) is 1. The average Bonchev–Trinajstić information content (AvgIpc) is 3.49. The molecule has 2 aromatic carbocycles. The van der Waals surface area contributed by atoms with Gasteiger partial charge in [-0.2, -0.15) is 0 Å². The van der Waals surface area contributed by atoms with E-state index in [4.69, 9.17) is 16.1 Å². The largest absolute Gasteiger partial charge is 0.489 e. The number of rotatable bonds is 7. The molecule has 3 aromatic rings. The van der Waals surface area contributed by atoms with Crippen molar-refractivity contribution in [2.75, 3.05) is 0 Å². The van der Waals surface area contributed by atoms with Crippen LogP contribution >= 0.6 is 11.3 Å². The van der Waals surface area contributed by atoms with Crippen molar-refractivity contribution in [2.24, 2.45) is 0 Å². The van der Waals surface area contributed by atoms with Gasteiger partial charge in [-0.15, -0.1) is 17.8 Å². The number of nitrogens with zero attached hydrogens (tertiary/aromatic N) is 1. The second kappa shape index (κ2) is 11.4. The quantitative estimate of drug-likeness (QED) is 0.360. The average molecular weight is 476 g/mol. The Bertz CT molecular complexity index is 1200. The summed E-state index contributed by atoms with van der Waals surface area (Å²) in [7, 11) is 0. The Kier molecular flexibility index (Phi) is 8.52. The molecule has 4 nitrogen and oxygen atoms in total. The van der Waals surface area contributed by atoms with Crippen molar-refractivity contribution in [3.63, 3.8) is 0 Å². The molecule has 0 saturated carbocycles. The van der Waals surface area contributed by atoms with Crippen molar-refractivity contribution < 1.29 is 14.6 Å². The highest BCUT2D eigenvalue weighted by Crippen LogP contribution is 2.42. The minimum atomic E-state index is -0.735. The van der Waals surface area contributed by atoms with Gasteiger partial charge in [0.25, 0.3) is 0 Å². The van der Waals surface area contributed by atoms with Gasteiger partial charge in [-0.3, -0.25) is 4.79 Å². The third kappa shape index (κ3) is 5.34. The molecule has 0 aliphatic heterocycles. The van der Waals surface area contributed by atoms with Crippen molar-refractivity contribution in [2.45, 2.75) is 72.3 Å². The first-order chi connectivity index (χ1) is 16.4. The summed E-state index contributed by atoms with van der Waals surface area (Å²) in [5.41, 5.74) is 6.56. The molecular formula is C29H33NO3S. The maximum atomic E-state index is 11.2. The van der Waals surface area contributed by atoms with E-state index in [2.05, 4.69) is 31.9 Å². The van der Waals surface area contributed by atoms with Crippen LogP contribution < -0.4 is 4.74 Å². The molecule has 0 radical (unpaired) electrons. The molecule has 178 valence electrons. The van der Waals surface area contributed by atoms with Crippen LogP contribution in [0.25, 0.3) is 21.0 Å². The third-order valence-corrected chi connectivity index (χ3v) is 7.38. The highest BCUT2D eigenvalue weighted by Gasteiger charge is 2.27. The summed E-state index contributed by atoms with van der Waals surface area (Å²) < 4.78 is 5.95. The van der Waals surface area contributed by atoms with Crippen LogP contribution in [0.4, 0.5) is 0 Å². The fourth-order valence-corrected chi connectivity index (χ4v) is 5.35. The second-order valence-corrected chi connectivity index (χ2v) is 9.39. The van der Waals surface area contributed by atoms with Gasteiger partial charge in [0.15, 0.2) is 0 Å². The molecule has 2 atom stereocenters. The molecule has 1 aliphatic carbocycles. The molecule has 0 fully saturated rings. The van der Waals surface area contributed by atoms with E-state index < -0.39 is 5.97 Å². The van der Waals surface area contributed by atoms with Gasteiger partial charge in [-0.25, -0.2) is 4.98 Å². The lowest BCUT2D eigenvalue weighted by Crippen LogP contribution is -2.10. The summed E-state index contributed by atoms with van der Waals surface area (Å²) in [6.45, 7) is 10.2. The Labute approximate surface area is 207 Å². The van der Waals surface area contributed by atoms with Gasteiger partial charge in [-0.05, 0) is 79.5 Å². The van der Waals surface area contributed by atoms with Gasteiger partial charge in [0.05, 0.1) is 23.0 Å². The fraction of sp³-hybridized carbons (Fsp3) is 0.379. The van der Waals surface area contributed by atoms with Gasteiger partial charge in [0, 0.05) is 11.8 Å². The zero-order valence-electron chi connectivity index (χ0n) is 20.6. The first-order valence-corrected chi connectivity index (χ1v) is 12.8. The molecule has 0 bridgehead atoms. The summed E-state index contributed by atoms with van der Waals surface area (Å²) in [6, 6.07) is 10.1. The monoisotopic (exact) mass is 475 g/mol. The van der Waals surface area contributed by atoms with Crippen molar-refractivity contribution in [3.05, 3.63) is 58.8 Å². The van der Waals surface area contributed by atoms with E-state index in [1.807, 2.05) is 45.2 Å². The smallest absolute Gasteiger partial charge is 0.303 e. The lowest BCUT2D eigenvalue weighted by Gasteiger charge is -2.14. The number of hydrogen-bond acceptors (Lipinski definition) is 4. The number of carbonyl (C=O) groups is 1. The molecular weight excluding hydrogens is 442 g/mol. The van der Waals surface area contributed by atoms with Gasteiger partial charge in [-0.1, -0.05) is 38.8 Å². The van der Waals surface area contributed by atoms with E-state index in [1.165, 1.54) is 16.7 Å². The Morgan fingerprint density at radius 3 is 2.76 bits per heavy atom. The highest BCUT2D eigenvalue weighted by atomic mass is 32.1. The topological polar surface area (TPSA) is 59.4 Å². The van der Waals surface area contributed by atoms with Crippen LogP contribution in [0.2, 0.25) is 0 Å². The van der Waals surface area contributed by atoms with E-state index in [0.717, 1.165) is 51.6 Å². The number of aliphatic carboxylic acids is 1. The highest BCUT2D eigenvalue weighted by molar-refractivity contribution is 7.18. The Hall–Kier alpha value is -3.10. The maximum Gasteiger partial charge on any atom is 0.303 e. The zero-order valence-corrected chi connectivity index (χ0v) is 21.5. The molecule has 4 rings (SSSR count). The van der Waals surface area contributed by atoms with Crippen molar-refractivity contribution in [1.82, 2.24) is 4.98 Å². The van der Waals surface area contributed by atoms with Crippen molar-refractivity contribution >= 4 is 17.3 Å². The fourth-order valence-electron chi connectivity index (χ4n) is 4.35. The second-order valence-electron chi connectivity index (χ2n) is 8.36. The van der Waals surface area contributed by atoms with E-state index in [0.29, 0.717) is 0 Å². The molecule has 0 amide bonds. The predicted octanol–water partition coefficient (Wildman–Crippen LogP) is 7.47. The van der Waals surface area contributed by atoms with Crippen molar-refractivity contribution in [1.29, 1.82) is 0 Å². The third-order valence-electron chi connectivity index (χ3n) is 6.30. The van der Waals surface area contributed by atoms with E-state index in [9.17, 15) is 9.90 Å². The summed E-state index contributed by atoms with van der Waals surface area (Å²) in [4.78, 5) is 16.9. The number of benzene rings is 2. The number of hydrogen-bond donors (Lipinski definition) is 1. The van der Waals surface area contributed by atoms with Crippen LogP contribution in [0.3, 0.4) is 0 Å². The molecule has 2 unspecified atom stereocenters. The van der Waals surface area contributed by atoms with Crippen molar-refractivity contribution in [3.8, 4) is 39.1 Å². The number of thiazole rings is 1. The standard InChI is InChI=1S/C27H27NO3S.C2H6/c1-5-16(3)31-24-12-8-20(13-18(24)6-2)25-15-28-27(32-25)22-10-11-23-19(14-26(29)30)7-9-21(23)17(22)4;1-2/h2,8,10-13,15-16,19H,5,7,9,14H2,1,3-4H3,(H,29,30);1-2H3. The maximum absolute atomic E-state index is 11.2. The van der Waals surface area contributed by atoms with Gasteiger partial charge >= 0.3 is 5.97 Å². The minimum absolute atomic E-state index is 0.112. The predicted molar refractivity (Wildman–Crippen MR) is 141 cm³/mol. The Morgan fingerprint density at radius 1 is 1.32 bits per heavy atom. The molecule has 1 N–H and O–H groups in total. The Morgan fingerprint density at radius 2 is 2.09 bits per heavy atom. The number of aromatic nitrogens is 1. The Balaban J connectivity index is 0.00000158. The molecule has 34 heavy (non-hydrogen) atoms. The first-order valence-electron chi connectivity index (χ1n) is 12.0. The lowest BCUT2D eigenvalue weighted by atomic mass is 9.94. The van der Waals surface area contributed by atoms with E-state index in [-0.39, 0.29) is 18.4 Å². The van der Waals surface area contributed by atoms with Crippen LogP contribution in [0, 0.1) is 19.3 Å². The number of carboxylic acid groups (broad SMARTS) is 1. The molecule has 0 saturated heterocycles. The molecule has 5 heteroatoms. The summed E-state index contributed by atoms with van der Waals surface area (Å²) in [5, 5.41) is 10.2.